The summed E-state index contributed by atoms with van der Waals surface area (Å²) in [5.41, 5.74) is 1.15. The summed E-state index contributed by atoms with van der Waals surface area (Å²) >= 11 is 7.08. The predicted octanol–water partition coefficient (Wildman–Crippen LogP) is 4.00. The number of ether oxygens (including phenoxy) is 1. The largest absolute Gasteiger partial charge is 0.492 e. The number of aliphatic hydroxyl groups excluding tert-OH is 1. The number of nitrogens with one attached hydrogen (secondary N) is 1. The Morgan fingerprint density at radius 2 is 1.95 bits per heavy atom. The molecule has 1 aliphatic rings. The van der Waals surface area contributed by atoms with E-state index in [4.69, 9.17) is 4.74 Å². The zero-order valence-corrected chi connectivity index (χ0v) is 14.8. The maximum absolute atomic E-state index is 9.54. The van der Waals surface area contributed by atoms with Crippen molar-refractivity contribution in [2.24, 2.45) is 0 Å². The third-order valence-electron chi connectivity index (χ3n) is 3.65. The summed E-state index contributed by atoms with van der Waals surface area (Å²) in [6, 6.07) is 4.59. The van der Waals surface area contributed by atoms with Gasteiger partial charge < -0.3 is 15.2 Å². The number of rotatable bonds is 5. The Bertz CT molecular complexity index is 446. The molecule has 0 amide bonds. The van der Waals surface area contributed by atoms with Crippen LogP contribution in [0.3, 0.4) is 0 Å². The van der Waals surface area contributed by atoms with E-state index in [-0.39, 0.29) is 6.10 Å². The van der Waals surface area contributed by atoms with E-state index in [2.05, 4.69) is 43.2 Å². The molecule has 0 radical (unpaired) electrons. The first-order chi connectivity index (χ1) is 9.60. The highest BCUT2D eigenvalue weighted by Gasteiger charge is 2.19. The molecular formula is C15H21Br2NO2. The minimum atomic E-state index is -0.105. The Morgan fingerprint density at radius 3 is 2.60 bits per heavy atom. The smallest absolute Gasteiger partial charge is 0.138 e. The minimum absolute atomic E-state index is 0.105. The maximum Gasteiger partial charge on any atom is 0.138 e. The quantitative estimate of drug-likeness (QED) is 0.776. The van der Waals surface area contributed by atoms with Crippen LogP contribution < -0.4 is 10.1 Å². The molecule has 1 fully saturated rings. The normalized spacial score (nSPS) is 22.8. The number of benzene rings is 1. The van der Waals surface area contributed by atoms with Gasteiger partial charge in [-0.25, -0.2) is 0 Å². The molecule has 0 heterocycles. The molecule has 1 saturated carbocycles. The van der Waals surface area contributed by atoms with Gasteiger partial charge in [-0.3, -0.25) is 0 Å². The van der Waals surface area contributed by atoms with Crippen LogP contribution in [-0.4, -0.2) is 23.9 Å². The third-order valence-corrected chi connectivity index (χ3v) is 4.70. The van der Waals surface area contributed by atoms with E-state index in [0.717, 1.165) is 52.5 Å². The molecule has 0 saturated heterocycles. The molecule has 0 aromatic heterocycles. The van der Waals surface area contributed by atoms with E-state index in [0.29, 0.717) is 12.6 Å². The van der Waals surface area contributed by atoms with E-state index in [9.17, 15) is 5.11 Å². The van der Waals surface area contributed by atoms with Gasteiger partial charge in [0.15, 0.2) is 0 Å². The van der Waals surface area contributed by atoms with Gasteiger partial charge in [0, 0.05) is 22.6 Å². The molecule has 112 valence electrons. The fourth-order valence-corrected chi connectivity index (χ4v) is 4.01. The number of halogens is 2. The van der Waals surface area contributed by atoms with Gasteiger partial charge >= 0.3 is 0 Å². The average molecular weight is 407 g/mol. The molecule has 5 heteroatoms. The van der Waals surface area contributed by atoms with Crippen LogP contribution in [0.15, 0.2) is 21.1 Å². The van der Waals surface area contributed by atoms with Crippen LogP contribution in [0.5, 0.6) is 5.75 Å². The first kappa shape index (κ1) is 16.3. The fourth-order valence-electron chi connectivity index (χ4n) is 2.59. The van der Waals surface area contributed by atoms with Crippen molar-refractivity contribution >= 4 is 31.9 Å². The van der Waals surface area contributed by atoms with Crippen molar-refractivity contribution in [3.8, 4) is 5.75 Å². The molecule has 1 aliphatic carbocycles. The number of aliphatic hydroxyl groups is 1. The molecule has 0 atom stereocenters. The highest BCUT2D eigenvalue weighted by molar-refractivity contribution is 9.11. The Balaban J connectivity index is 2.01. The van der Waals surface area contributed by atoms with Crippen molar-refractivity contribution in [2.75, 3.05) is 6.61 Å². The number of hydrogen-bond acceptors (Lipinski definition) is 3. The highest BCUT2D eigenvalue weighted by Crippen LogP contribution is 2.33. The molecule has 20 heavy (non-hydrogen) atoms. The topological polar surface area (TPSA) is 41.5 Å². The first-order valence-electron chi connectivity index (χ1n) is 7.12. The lowest BCUT2D eigenvalue weighted by atomic mass is 9.93. The van der Waals surface area contributed by atoms with Crippen LogP contribution in [-0.2, 0) is 6.54 Å². The van der Waals surface area contributed by atoms with Gasteiger partial charge in [0.2, 0.25) is 0 Å². The monoisotopic (exact) mass is 405 g/mol. The van der Waals surface area contributed by atoms with Crippen molar-refractivity contribution in [1.82, 2.24) is 5.32 Å². The van der Waals surface area contributed by atoms with Crippen molar-refractivity contribution < 1.29 is 9.84 Å². The van der Waals surface area contributed by atoms with Gasteiger partial charge in [-0.1, -0.05) is 15.9 Å². The summed E-state index contributed by atoms with van der Waals surface area (Å²) in [5, 5.41) is 13.1. The summed E-state index contributed by atoms with van der Waals surface area (Å²) in [5.74, 6) is 0.916. The molecule has 1 aromatic rings. The number of hydrogen-bond donors (Lipinski definition) is 2. The minimum Gasteiger partial charge on any atom is -0.492 e. The van der Waals surface area contributed by atoms with Gasteiger partial charge in [-0.15, -0.1) is 0 Å². The van der Waals surface area contributed by atoms with Crippen LogP contribution in [0.25, 0.3) is 0 Å². The standard InChI is InChI=1S/C15H21Br2NO2/c1-2-20-15-10(7-11(16)8-14(15)17)9-18-12-3-5-13(19)6-4-12/h7-8,12-13,18-19H,2-6,9H2,1H3. The van der Waals surface area contributed by atoms with Crippen LogP contribution in [0.1, 0.15) is 38.2 Å². The van der Waals surface area contributed by atoms with Crippen molar-refractivity contribution in [1.29, 1.82) is 0 Å². The lowest BCUT2D eigenvalue weighted by Crippen LogP contribution is -2.34. The highest BCUT2D eigenvalue weighted by atomic mass is 79.9. The second kappa shape index (κ2) is 7.78. The lowest BCUT2D eigenvalue weighted by Gasteiger charge is -2.26. The zero-order chi connectivity index (χ0) is 14.5. The van der Waals surface area contributed by atoms with E-state index in [1.54, 1.807) is 0 Å². The van der Waals surface area contributed by atoms with Crippen molar-refractivity contribution in [3.63, 3.8) is 0 Å². The van der Waals surface area contributed by atoms with Crippen LogP contribution in [0, 0.1) is 0 Å². The molecule has 3 nitrogen and oxygen atoms in total. The molecule has 0 unspecified atom stereocenters. The van der Waals surface area contributed by atoms with Gasteiger partial charge in [0.1, 0.15) is 5.75 Å². The molecule has 0 spiro atoms. The van der Waals surface area contributed by atoms with Gasteiger partial charge in [0.25, 0.3) is 0 Å². The summed E-state index contributed by atoms with van der Waals surface area (Å²) in [7, 11) is 0. The molecule has 1 aromatic carbocycles. The Morgan fingerprint density at radius 1 is 1.25 bits per heavy atom. The summed E-state index contributed by atoms with van der Waals surface area (Å²) in [4.78, 5) is 0. The molecule has 0 bridgehead atoms. The van der Waals surface area contributed by atoms with Gasteiger partial charge in [-0.2, -0.15) is 0 Å². The first-order valence-corrected chi connectivity index (χ1v) is 8.71. The summed E-state index contributed by atoms with van der Waals surface area (Å²) in [6.45, 7) is 3.44. The van der Waals surface area contributed by atoms with E-state index in [1.165, 1.54) is 0 Å². The van der Waals surface area contributed by atoms with Gasteiger partial charge in [0.05, 0.1) is 17.2 Å². The lowest BCUT2D eigenvalue weighted by molar-refractivity contribution is 0.116. The van der Waals surface area contributed by atoms with Crippen LogP contribution in [0.2, 0.25) is 0 Å². The van der Waals surface area contributed by atoms with E-state index in [1.807, 2.05) is 13.0 Å². The molecular weight excluding hydrogens is 386 g/mol. The third kappa shape index (κ3) is 4.45. The van der Waals surface area contributed by atoms with Crippen LogP contribution in [0.4, 0.5) is 0 Å². The maximum atomic E-state index is 9.54. The van der Waals surface area contributed by atoms with Crippen molar-refractivity contribution in [3.05, 3.63) is 26.6 Å². The fraction of sp³-hybridized carbons (Fsp3) is 0.600. The predicted molar refractivity (Wildman–Crippen MR) is 88.1 cm³/mol. The SMILES string of the molecule is CCOc1c(Br)cc(Br)cc1CNC1CCC(O)CC1. The Labute approximate surface area is 137 Å². The van der Waals surface area contributed by atoms with Crippen molar-refractivity contribution in [2.45, 2.75) is 51.3 Å². The zero-order valence-electron chi connectivity index (χ0n) is 11.7. The van der Waals surface area contributed by atoms with E-state index < -0.39 is 0 Å². The summed E-state index contributed by atoms with van der Waals surface area (Å²) < 4.78 is 7.75. The Hall–Kier alpha value is -0.100. The average Bonchev–Trinajstić information content (AvgIpc) is 2.41. The molecule has 2 rings (SSSR count). The second-order valence-electron chi connectivity index (χ2n) is 5.20. The molecule has 0 aliphatic heterocycles. The summed E-state index contributed by atoms with van der Waals surface area (Å²) in [6.07, 6.45) is 3.78. The van der Waals surface area contributed by atoms with Crippen LogP contribution >= 0.6 is 31.9 Å². The van der Waals surface area contributed by atoms with E-state index >= 15 is 0 Å². The Kier molecular flexibility index (Phi) is 6.33. The molecule has 2 N–H and O–H groups in total. The van der Waals surface area contributed by atoms with Gasteiger partial charge in [-0.05, 0) is 60.7 Å². The second-order valence-corrected chi connectivity index (χ2v) is 6.97.